The van der Waals surface area contributed by atoms with Crippen LogP contribution in [0.1, 0.15) is 18.7 Å². The van der Waals surface area contributed by atoms with Crippen molar-refractivity contribution in [2.45, 2.75) is 19.3 Å². The minimum absolute atomic E-state index is 0.862. The van der Waals surface area contributed by atoms with E-state index in [1.54, 1.807) is 7.11 Å². The number of hydrogen-bond acceptors (Lipinski definition) is 3. The third kappa shape index (κ3) is 2.08. The number of imidazole rings is 1. The summed E-state index contributed by atoms with van der Waals surface area (Å²) in [5.74, 6) is 1.95. The zero-order chi connectivity index (χ0) is 12.4. The third-order valence-electron chi connectivity index (χ3n) is 3.65. The first-order valence-electron chi connectivity index (χ1n) is 6.60. The van der Waals surface area contributed by atoms with Gasteiger partial charge in [0.1, 0.15) is 5.82 Å². The maximum Gasteiger partial charge on any atom is 0.199 e. The van der Waals surface area contributed by atoms with Crippen molar-refractivity contribution in [2.24, 2.45) is 0 Å². The molecule has 1 fully saturated rings. The number of methoxy groups -OCH3 is 1. The highest BCUT2D eigenvalue weighted by Crippen LogP contribution is 2.18. The summed E-state index contributed by atoms with van der Waals surface area (Å²) < 4.78 is 7.51. The molecule has 2 aromatic rings. The van der Waals surface area contributed by atoms with E-state index < -0.39 is 0 Å². The molecule has 0 atom stereocenters. The number of rotatable bonds is 4. The van der Waals surface area contributed by atoms with Gasteiger partial charge in [0.05, 0.1) is 18.8 Å². The third-order valence-corrected chi connectivity index (χ3v) is 3.65. The molecule has 2 aromatic heterocycles. The van der Waals surface area contributed by atoms with E-state index in [0.29, 0.717) is 0 Å². The lowest BCUT2D eigenvalue weighted by Gasteiger charge is -2.14. The highest BCUT2D eigenvalue weighted by molar-refractivity contribution is 5.49. The summed E-state index contributed by atoms with van der Waals surface area (Å²) in [7, 11) is 1.71. The van der Waals surface area contributed by atoms with Gasteiger partial charge in [-0.15, -0.1) is 0 Å². The van der Waals surface area contributed by atoms with Crippen LogP contribution >= 0.6 is 0 Å². The van der Waals surface area contributed by atoms with Gasteiger partial charge in [-0.05, 0) is 38.1 Å². The highest BCUT2D eigenvalue weighted by atomic mass is 16.5. The number of pyridine rings is 1. The van der Waals surface area contributed by atoms with E-state index in [0.717, 1.165) is 30.2 Å². The van der Waals surface area contributed by atoms with Crippen LogP contribution in [0.5, 0.6) is 5.88 Å². The summed E-state index contributed by atoms with van der Waals surface area (Å²) in [5.41, 5.74) is 1.10. The van der Waals surface area contributed by atoms with E-state index in [2.05, 4.69) is 20.4 Å². The largest absolute Gasteiger partial charge is 0.482 e. The molecule has 4 heteroatoms. The predicted molar refractivity (Wildman–Crippen MR) is 71.1 cm³/mol. The molecule has 0 spiro atoms. The van der Waals surface area contributed by atoms with Gasteiger partial charge in [-0.1, -0.05) is 6.07 Å². The van der Waals surface area contributed by atoms with Gasteiger partial charge in [0.2, 0.25) is 0 Å². The average Bonchev–Trinajstić information content (AvgIpc) is 3.05. The Morgan fingerprint density at radius 2 is 2.11 bits per heavy atom. The van der Waals surface area contributed by atoms with Crippen LogP contribution < -0.4 is 4.74 Å². The molecular weight excluding hydrogens is 226 g/mol. The van der Waals surface area contributed by atoms with Gasteiger partial charge in [-0.3, -0.25) is 4.40 Å². The molecule has 0 saturated carbocycles. The second kappa shape index (κ2) is 4.98. The Morgan fingerprint density at radius 1 is 1.28 bits per heavy atom. The molecule has 3 heterocycles. The van der Waals surface area contributed by atoms with Crippen molar-refractivity contribution in [3.8, 4) is 5.88 Å². The van der Waals surface area contributed by atoms with Gasteiger partial charge >= 0.3 is 0 Å². The Hall–Kier alpha value is -1.55. The zero-order valence-electron chi connectivity index (χ0n) is 10.8. The Bertz CT molecular complexity index is 529. The maximum absolute atomic E-state index is 5.41. The standard InChI is InChI=1S/C14H19N3O/c1-18-14-6-4-5-12-11-15-13(17(12)14)7-10-16-8-2-3-9-16/h4-6,11H,2-3,7-10H2,1H3. The SMILES string of the molecule is COc1cccc2cnc(CCN3CCCC3)n12. The van der Waals surface area contributed by atoms with Gasteiger partial charge < -0.3 is 9.64 Å². The van der Waals surface area contributed by atoms with Crippen LogP contribution in [0.4, 0.5) is 0 Å². The van der Waals surface area contributed by atoms with Crippen LogP contribution in [0.15, 0.2) is 24.4 Å². The van der Waals surface area contributed by atoms with Gasteiger partial charge in [0.25, 0.3) is 0 Å². The summed E-state index contributed by atoms with van der Waals surface area (Å²) in [6.07, 6.45) is 5.58. The summed E-state index contributed by atoms with van der Waals surface area (Å²) >= 11 is 0. The first-order chi connectivity index (χ1) is 8.88. The van der Waals surface area contributed by atoms with Crippen molar-refractivity contribution in [2.75, 3.05) is 26.7 Å². The fourth-order valence-corrected chi connectivity index (χ4v) is 2.68. The monoisotopic (exact) mass is 245 g/mol. The van der Waals surface area contributed by atoms with E-state index >= 15 is 0 Å². The van der Waals surface area contributed by atoms with Crippen molar-refractivity contribution in [1.82, 2.24) is 14.3 Å². The van der Waals surface area contributed by atoms with E-state index in [9.17, 15) is 0 Å². The molecule has 1 aliphatic rings. The number of aromatic nitrogens is 2. The lowest BCUT2D eigenvalue weighted by Crippen LogP contribution is -2.22. The lowest BCUT2D eigenvalue weighted by molar-refractivity contribution is 0.338. The topological polar surface area (TPSA) is 29.8 Å². The molecule has 0 aromatic carbocycles. The van der Waals surface area contributed by atoms with Gasteiger partial charge in [0, 0.05) is 13.0 Å². The van der Waals surface area contributed by atoms with Crippen LogP contribution in [0, 0.1) is 0 Å². The molecule has 1 saturated heterocycles. The van der Waals surface area contributed by atoms with E-state index in [-0.39, 0.29) is 0 Å². The van der Waals surface area contributed by atoms with Crippen LogP contribution in [-0.2, 0) is 6.42 Å². The second-order valence-corrected chi connectivity index (χ2v) is 4.80. The number of likely N-dealkylation sites (tertiary alicyclic amines) is 1. The molecule has 0 amide bonds. The Labute approximate surface area is 107 Å². The molecule has 0 N–H and O–H groups in total. The Balaban J connectivity index is 1.82. The van der Waals surface area contributed by atoms with Crippen molar-refractivity contribution in [3.63, 3.8) is 0 Å². The molecule has 3 rings (SSSR count). The van der Waals surface area contributed by atoms with Crippen LogP contribution in [-0.4, -0.2) is 41.0 Å². The van der Waals surface area contributed by atoms with Crippen molar-refractivity contribution < 1.29 is 4.74 Å². The first-order valence-corrected chi connectivity index (χ1v) is 6.60. The summed E-state index contributed by atoms with van der Waals surface area (Å²) in [6, 6.07) is 6.04. The van der Waals surface area contributed by atoms with Gasteiger partial charge in [-0.2, -0.15) is 0 Å². The predicted octanol–water partition coefficient (Wildman–Crippen LogP) is 1.98. The fraction of sp³-hybridized carbons (Fsp3) is 0.500. The number of fused-ring (bicyclic) bond motifs is 1. The smallest absolute Gasteiger partial charge is 0.199 e. The van der Waals surface area contributed by atoms with E-state index in [1.165, 1.54) is 25.9 Å². The maximum atomic E-state index is 5.41. The molecule has 0 unspecified atom stereocenters. The minimum Gasteiger partial charge on any atom is -0.482 e. The molecular formula is C14H19N3O. The molecule has 4 nitrogen and oxygen atoms in total. The van der Waals surface area contributed by atoms with Crippen LogP contribution in [0.2, 0.25) is 0 Å². The molecule has 1 aliphatic heterocycles. The second-order valence-electron chi connectivity index (χ2n) is 4.80. The van der Waals surface area contributed by atoms with Gasteiger partial charge in [0.15, 0.2) is 5.88 Å². The van der Waals surface area contributed by atoms with Crippen molar-refractivity contribution >= 4 is 5.52 Å². The van der Waals surface area contributed by atoms with E-state index in [4.69, 9.17) is 4.74 Å². The Morgan fingerprint density at radius 3 is 2.89 bits per heavy atom. The fourth-order valence-electron chi connectivity index (χ4n) is 2.68. The summed E-state index contributed by atoms with van der Waals surface area (Å²) in [5, 5.41) is 0. The first kappa shape index (κ1) is 11.5. The van der Waals surface area contributed by atoms with Crippen molar-refractivity contribution in [3.05, 3.63) is 30.2 Å². The summed E-state index contributed by atoms with van der Waals surface area (Å²) in [4.78, 5) is 7.03. The number of ether oxygens (including phenoxy) is 1. The average molecular weight is 245 g/mol. The molecule has 18 heavy (non-hydrogen) atoms. The van der Waals surface area contributed by atoms with Crippen molar-refractivity contribution in [1.29, 1.82) is 0 Å². The van der Waals surface area contributed by atoms with Crippen LogP contribution in [0.3, 0.4) is 0 Å². The van der Waals surface area contributed by atoms with E-state index in [1.807, 2.05) is 18.3 Å². The summed E-state index contributed by atoms with van der Waals surface area (Å²) in [6.45, 7) is 3.57. The molecule has 0 bridgehead atoms. The normalized spacial score (nSPS) is 16.5. The number of hydrogen-bond donors (Lipinski definition) is 0. The molecule has 96 valence electrons. The Kier molecular flexibility index (Phi) is 3.19. The highest BCUT2D eigenvalue weighted by Gasteiger charge is 2.13. The van der Waals surface area contributed by atoms with Gasteiger partial charge in [-0.25, -0.2) is 4.98 Å². The minimum atomic E-state index is 0.862. The lowest BCUT2D eigenvalue weighted by atomic mass is 10.3. The number of nitrogens with zero attached hydrogens (tertiary/aromatic N) is 3. The van der Waals surface area contributed by atoms with Crippen LogP contribution in [0.25, 0.3) is 5.52 Å². The molecule has 0 aliphatic carbocycles. The zero-order valence-corrected chi connectivity index (χ0v) is 10.8. The molecule has 0 radical (unpaired) electrons. The quantitative estimate of drug-likeness (QED) is 0.825.